The van der Waals surface area contributed by atoms with Crippen LogP contribution in [0.4, 0.5) is 4.39 Å². The smallest absolute Gasteiger partial charge is 0.316 e. The molecule has 1 N–H and O–H groups in total. The maximum absolute atomic E-state index is 12.8. The minimum atomic E-state index is -0.493. The van der Waals surface area contributed by atoms with Crippen molar-refractivity contribution < 1.29 is 23.4 Å². The van der Waals surface area contributed by atoms with Gasteiger partial charge < -0.3 is 19.5 Å². The van der Waals surface area contributed by atoms with Crippen LogP contribution in [-0.2, 0) is 4.79 Å². The van der Waals surface area contributed by atoms with Crippen molar-refractivity contribution in [3.8, 4) is 17.5 Å². The molecule has 1 aromatic carbocycles. The number of ether oxygens (including phenoxy) is 3. The third-order valence-corrected chi connectivity index (χ3v) is 4.71. The van der Waals surface area contributed by atoms with E-state index in [1.54, 1.807) is 6.08 Å². The third-order valence-electron chi connectivity index (χ3n) is 4.71. The molecule has 1 aliphatic carbocycles. The molecule has 7 nitrogen and oxygen atoms in total. The van der Waals surface area contributed by atoms with Crippen LogP contribution < -0.4 is 19.5 Å². The largest absolute Gasteiger partial charge is 0.460 e. The van der Waals surface area contributed by atoms with Crippen molar-refractivity contribution >= 4 is 12.0 Å². The van der Waals surface area contributed by atoms with Crippen molar-refractivity contribution in [2.45, 2.75) is 37.8 Å². The zero-order valence-electron chi connectivity index (χ0n) is 15.1. The van der Waals surface area contributed by atoms with E-state index in [1.165, 1.54) is 6.08 Å². The maximum atomic E-state index is 12.8. The van der Waals surface area contributed by atoms with Crippen molar-refractivity contribution in [1.29, 1.82) is 0 Å². The van der Waals surface area contributed by atoms with Gasteiger partial charge in [0.25, 0.3) is 0 Å². The van der Waals surface area contributed by atoms with Gasteiger partial charge in [0.05, 0.1) is 12.4 Å². The minimum absolute atomic E-state index is 0.0252. The number of fused-ring (bicyclic) bond motifs is 1. The number of carbonyl (C=O) groups excluding carboxylic acids is 1. The summed E-state index contributed by atoms with van der Waals surface area (Å²) in [6.07, 6.45) is 8.56. The Morgan fingerprint density at radius 2 is 1.89 bits per heavy atom. The fourth-order valence-electron chi connectivity index (χ4n) is 3.27. The molecule has 2 aliphatic rings. The fraction of sp³-hybridized carbons (Fsp3) is 0.350. The van der Waals surface area contributed by atoms with Gasteiger partial charge >= 0.3 is 6.01 Å². The summed E-state index contributed by atoms with van der Waals surface area (Å²) in [7, 11) is 0. The first-order chi connectivity index (χ1) is 13.7. The summed E-state index contributed by atoms with van der Waals surface area (Å²) in [6, 6.07) is 5.82. The minimum Gasteiger partial charge on any atom is -0.460 e. The zero-order valence-corrected chi connectivity index (χ0v) is 15.1. The van der Waals surface area contributed by atoms with Gasteiger partial charge in [-0.2, -0.15) is 0 Å². The topological polar surface area (TPSA) is 82.6 Å². The molecule has 0 radical (unpaired) electrons. The first-order valence-corrected chi connectivity index (χ1v) is 9.18. The Labute approximate surface area is 161 Å². The Morgan fingerprint density at radius 3 is 2.68 bits per heavy atom. The summed E-state index contributed by atoms with van der Waals surface area (Å²) in [5.41, 5.74) is 0.871. The van der Waals surface area contributed by atoms with Crippen LogP contribution in [0.2, 0.25) is 0 Å². The van der Waals surface area contributed by atoms with Crippen molar-refractivity contribution in [2.24, 2.45) is 0 Å². The summed E-state index contributed by atoms with van der Waals surface area (Å²) in [5, 5.41) is 3.02. The standard InChI is InChI=1S/C20H20FN3O4/c21-14-10-22-20(23-11-14)28-16-5-3-15(4-6-16)24-19(25)8-2-13-1-7-17-18(9-13)27-12-26-17/h1-2,7-11,15-16H,3-6,12H2,(H,24,25)/b8-2+. The maximum Gasteiger partial charge on any atom is 0.316 e. The van der Waals surface area contributed by atoms with Gasteiger partial charge in [-0.15, -0.1) is 0 Å². The molecule has 0 unspecified atom stereocenters. The van der Waals surface area contributed by atoms with Crippen LogP contribution in [0.5, 0.6) is 17.5 Å². The highest BCUT2D eigenvalue weighted by molar-refractivity contribution is 5.92. The second kappa shape index (κ2) is 8.24. The zero-order chi connectivity index (χ0) is 19.3. The molecule has 8 heteroatoms. The van der Waals surface area contributed by atoms with E-state index in [1.807, 2.05) is 18.2 Å². The predicted octanol–water partition coefficient (Wildman–Crippen LogP) is 2.86. The van der Waals surface area contributed by atoms with Crippen LogP contribution in [-0.4, -0.2) is 34.8 Å². The molecule has 1 saturated carbocycles. The monoisotopic (exact) mass is 385 g/mol. The van der Waals surface area contributed by atoms with Gasteiger partial charge in [0.15, 0.2) is 17.3 Å². The summed E-state index contributed by atoms with van der Waals surface area (Å²) < 4.78 is 29.1. The van der Waals surface area contributed by atoms with E-state index in [4.69, 9.17) is 14.2 Å². The lowest BCUT2D eigenvalue weighted by Gasteiger charge is -2.28. The molecule has 146 valence electrons. The highest BCUT2D eigenvalue weighted by atomic mass is 19.1. The van der Waals surface area contributed by atoms with Gasteiger partial charge in [-0.25, -0.2) is 14.4 Å². The number of benzene rings is 1. The molecule has 2 aromatic rings. The number of amides is 1. The molecule has 1 fully saturated rings. The summed E-state index contributed by atoms with van der Waals surface area (Å²) in [5.74, 6) is 0.772. The van der Waals surface area contributed by atoms with Crippen molar-refractivity contribution in [3.05, 3.63) is 48.0 Å². The molecule has 0 saturated heterocycles. The Bertz CT molecular complexity index is 864. The number of nitrogens with one attached hydrogen (secondary N) is 1. The molecular formula is C20H20FN3O4. The lowest BCUT2D eigenvalue weighted by Crippen LogP contribution is -2.39. The summed E-state index contributed by atoms with van der Waals surface area (Å²) in [6.45, 7) is 0.225. The number of nitrogens with zero attached hydrogens (tertiary/aromatic N) is 2. The van der Waals surface area contributed by atoms with Crippen molar-refractivity contribution in [1.82, 2.24) is 15.3 Å². The Hall–Kier alpha value is -3.16. The lowest BCUT2D eigenvalue weighted by atomic mass is 9.93. The quantitative estimate of drug-likeness (QED) is 0.797. The molecular weight excluding hydrogens is 365 g/mol. The first kappa shape index (κ1) is 18.2. The number of aromatic nitrogens is 2. The highest BCUT2D eigenvalue weighted by Gasteiger charge is 2.23. The number of carbonyl (C=O) groups is 1. The average Bonchev–Trinajstić information content (AvgIpc) is 3.17. The Kier molecular flexibility index (Phi) is 5.36. The predicted molar refractivity (Wildman–Crippen MR) is 98.4 cm³/mol. The number of hydrogen-bond donors (Lipinski definition) is 1. The van der Waals surface area contributed by atoms with E-state index >= 15 is 0 Å². The third kappa shape index (κ3) is 4.57. The average molecular weight is 385 g/mol. The SMILES string of the molecule is O=C(/C=C/c1ccc2c(c1)OCO2)NC1CCC(Oc2ncc(F)cn2)CC1. The number of hydrogen-bond acceptors (Lipinski definition) is 6. The van der Waals surface area contributed by atoms with E-state index in [2.05, 4.69) is 15.3 Å². The van der Waals surface area contributed by atoms with Gasteiger partial charge in [-0.05, 0) is 49.5 Å². The molecule has 0 atom stereocenters. The molecule has 1 aliphatic heterocycles. The second-order valence-corrected chi connectivity index (χ2v) is 6.73. The van der Waals surface area contributed by atoms with Crippen LogP contribution in [0.3, 0.4) is 0 Å². The van der Waals surface area contributed by atoms with Crippen LogP contribution in [0.25, 0.3) is 6.08 Å². The van der Waals surface area contributed by atoms with Crippen LogP contribution >= 0.6 is 0 Å². The van der Waals surface area contributed by atoms with E-state index < -0.39 is 5.82 Å². The molecule has 28 heavy (non-hydrogen) atoms. The summed E-state index contributed by atoms with van der Waals surface area (Å²) in [4.78, 5) is 19.8. The van der Waals surface area contributed by atoms with Gasteiger partial charge in [0, 0.05) is 12.1 Å². The van der Waals surface area contributed by atoms with E-state index in [9.17, 15) is 9.18 Å². The van der Waals surface area contributed by atoms with Crippen molar-refractivity contribution in [3.63, 3.8) is 0 Å². The normalized spacial score (nSPS) is 20.9. The van der Waals surface area contributed by atoms with Gasteiger partial charge in [0.1, 0.15) is 6.10 Å². The lowest BCUT2D eigenvalue weighted by molar-refractivity contribution is -0.117. The van der Waals surface area contributed by atoms with E-state index in [0.717, 1.165) is 43.6 Å². The van der Waals surface area contributed by atoms with Crippen LogP contribution in [0.1, 0.15) is 31.2 Å². The molecule has 4 rings (SSSR count). The van der Waals surface area contributed by atoms with Gasteiger partial charge in [-0.1, -0.05) is 6.07 Å². The molecule has 1 amide bonds. The van der Waals surface area contributed by atoms with Crippen molar-refractivity contribution in [2.75, 3.05) is 6.79 Å². The van der Waals surface area contributed by atoms with Gasteiger partial charge in [-0.3, -0.25) is 4.79 Å². The highest BCUT2D eigenvalue weighted by Crippen LogP contribution is 2.32. The number of rotatable bonds is 5. The molecule has 0 bridgehead atoms. The Balaban J connectivity index is 1.23. The molecule has 1 aromatic heterocycles. The fourth-order valence-corrected chi connectivity index (χ4v) is 3.27. The first-order valence-electron chi connectivity index (χ1n) is 9.18. The van der Waals surface area contributed by atoms with Crippen LogP contribution in [0, 0.1) is 5.82 Å². The van der Waals surface area contributed by atoms with E-state index in [0.29, 0.717) is 11.5 Å². The van der Waals surface area contributed by atoms with Crippen LogP contribution in [0.15, 0.2) is 36.7 Å². The second-order valence-electron chi connectivity index (χ2n) is 6.73. The Morgan fingerprint density at radius 1 is 1.14 bits per heavy atom. The molecule has 2 heterocycles. The van der Waals surface area contributed by atoms with Gasteiger partial charge in [0.2, 0.25) is 12.7 Å². The summed E-state index contributed by atoms with van der Waals surface area (Å²) >= 11 is 0. The number of halogens is 1. The molecule has 0 spiro atoms. The van der Waals surface area contributed by atoms with E-state index in [-0.39, 0.29) is 30.9 Å².